The van der Waals surface area contributed by atoms with Crippen molar-refractivity contribution in [2.75, 3.05) is 7.11 Å². The van der Waals surface area contributed by atoms with Gasteiger partial charge < -0.3 is 20.2 Å². The number of benzene rings is 3. The fourth-order valence-corrected chi connectivity index (χ4v) is 3.63. The highest BCUT2D eigenvalue weighted by atomic mass is 16.5. The van der Waals surface area contributed by atoms with Gasteiger partial charge in [0.25, 0.3) is 5.91 Å². The molecule has 0 bridgehead atoms. The molecule has 0 unspecified atom stereocenters. The van der Waals surface area contributed by atoms with Crippen LogP contribution in [0.15, 0.2) is 88.1 Å². The molecule has 0 radical (unpaired) electrons. The minimum Gasteiger partial charge on any atom is -0.497 e. The fraction of sp³-hybridized carbons (Fsp3) is 0.115. The van der Waals surface area contributed by atoms with Crippen LogP contribution in [0, 0.1) is 0 Å². The van der Waals surface area contributed by atoms with Crippen molar-refractivity contribution in [3.63, 3.8) is 0 Å². The Morgan fingerprint density at radius 3 is 2.33 bits per heavy atom. The molecule has 2 amide bonds. The number of fused-ring (bicyclic) bond motifs is 1. The quantitative estimate of drug-likeness (QED) is 0.427. The molecular weight excluding hydrogens is 420 g/mol. The maximum Gasteiger partial charge on any atom is 0.336 e. The van der Waals surface area contributed by atoms with Gasteiger partial charge in [-0.15, -0.1) is 0 Å². The Balaban J connectivity index is 1.56. The number of carbonyl (C=O) groups is 2. The lowest BCUT2D eigenvalue weighted by atomic mass is 10.0. The van der Waals surface area contributed by atoms with E-state index in [1.165, 1.54) is 13.2 Å². The van der Waals surface area contributed by atoms with Crippen molar-refractivity contribution in [2.24, 2.45) is 5.73 Å². The van der Waals surface area contributed by atoms with Crippen molar-refractivity contribution in [1.29, 1.82) is 0 Å². The predicted molar refractivity (Wildman–Crippen MR) is 125 cm³/mol. The SMILES string of the molecule is COc1ccc2c(C[C@H](NC(=O)c3ccc(-c4ccccc4)cc3)C(N)=O)cc(=O)oc2c1. The number of ether oxygens (including phenoxy) is 1. The molecule has 3 N–H and O–H groups in total. The van der Waals surface area contributed by atoms with E-state index in [1.54, 1.807) is 30.3 Å². The second-order valence-electron chi connectivity index (χ2n) is 7.53. The number of carbonyl (C=O) groups excluding carboxylic acids is 2. The molecule has 1 atom stereocenters. The van der Waals surface area contributed by atoms with Crippen LogP contribution in [0.3, 0.4) is 0 Å². The Hall–Kier alpha value is -4.39. The largest absolute Gasteiger partial charge is 0.497 e. The van der Waals surface area contributed by atoms with Crippen LogP contribution in [0.2, 0.25) is 0 Å². The third-order valence-electron chi connectivity index (χ3n) is 5.36. The summed E-state index contributed by atoms with van der Waals surface area (Å²) in [5, 5.41) is 3.30. The van der Waals surface area contributed by atoms with Crippen molar-refractivity contribution in [3.8, 4) is 16.9 Å². The molecule has 0 fully saturated rings. The van der Waals surface area contributed by atoms with Gasteiger partial charge in [-0.25, -0.2) is 4.79 Å². The first-order chi connectivity index (χ1) is 15.9. The molecular formula is C26H22N2O5. The van der Waals surface area contributed by atoms with Gasteiger partial charge in [0.2, 0.25) is 5.91 Å². The molecule has 0 saturated heterocycles. The van der Waals surface area contributed by atoms with Crippen molar-refractivity contribution >= 4 is 22.8 Å². The first-order valence-electron chi connectivity index (χ1n) is 10.3. The van der Waals surface area contributed by atoms with Gasteiger partial charge in [0.15, 0.2) is 0 Å². The normalized spacial score (nSPS) is 11.7. The molecule has 0 aliphatic carbocycles. The molecule has 166 valence electrons. The summed E-state index contributed by atoms with van der Waals surface area (Å²) in [6.45, 7) is 0. The molecule has 0 aliphatic rings. The summed E-state index contributed by atoms with van der Waals surface area (Å²) in [7, 11) is 1.51. The summed E-state index contributed by atoms with van der Waals surface area (Å²) in [5.74, 6) is -0.618. The van der Waals surface area contributed by atoms with Crippen LogP contribution >= 0.6 is 0 Å². The fourth-order valence-electron chi connectivity index (χ4n) is 3.63. The van der Waals surface area contributed by atoms with Crippen LogP contribution in [0.1, 0.15) is 15.9 Å². The van der Waals surface area contributed by atoms with Crippen LogP contribution in [-0.2, 0) is 11.2 Å². The molecule has 7 nitrogen and oxygen atoms in total. The Bertz CT molecular complexity index is 1360. The first-order valence-corrected chi connectivity index (χ1v) is 10.3. The minimum atomic E-state index is -1.02. The maximum absolute atomic E-state index is 12.8. The predicted octanol–water partition coefficient (Wildman–Crippen LogP) is 3.30. The Kier molecular flexibility index (Phi) is 6.22. The number of nitrogens with two attached hydrogens (primary N) is 1. The van der Waals surface area contributed by atoms with Gasteiger partial charge in [0.1, 0.15) is 17.4 Å². The topological polar surface area (TPSA) is 112 Å². The van der Waals surface area contributed by atoms with E-state index in [2.05, 4.69) is 5.32 Å². The minimum absolute atomic E-state index is 0.0393. The average molecular weight is 442 g/mol. The highest BCUT2D eigenvalue weighted by molar-refractivity contribution is 5.98. The average Bonchev–Trinajstić information content (AvgIpc) is 2.83. The summed E-state index contributed by atoms with van der Waals surface area (Å²) in [6, 6.07) is 22.2. The molecule has 0 spiro atoms. The highest BCUT2D eigenvalue weighted by Crippen LogP contribution is 2.24. The summed E-state index contributed by atoms with van der Waals surface area (Å²) < 4.78 is 10.4. The molecule has 1 aromatic heterocycles. The van der Waals surface area contributed by atoms with Crippen molar-refractivity contribution in [1.82, 2.24) is 5.32 Å². The van der Waals surface area contributed by atoms with Crippen LogP contribution in [-0.4, -0.2) is 25.0 Å². The highest BCUT2D eigenvalue weighted by Gasteiger charge is 2.21. The summed E-state index contributed by atoms with van der Waals surface area (Å²) in [6.07, 6.45) is 0.0393. The van der Waals surface area contributed by atoms with Crippen molar-refractivity contribution < 1.29 is 18.7 Å². The number of nitrogens with one attached hydrogen (secondary N) is 1. The molecule has 7 heteroatoms. The smallest absolute Gasteiger partial charge is 0.336 e. The second kappa shape index (κ2) is 9.40. The Labute approximate surface area is 189 Å². The molecule has 3 aromatic carbocycles. The van der Waals surface area contributed by atoms with Gasteiger partial charge in [0, 0.05) is 29.5 Å². The number of methoxy groups -OCH3 is 1. The van der Waals surface area contributed by atoms with Crippen LogP contribution in [0.5, 0.6) is 5.75 Å². The van der Waals surface area contributed by atoms with Crippen LogP contribution < -0.4 is 21.4 Å². The lowest BCUT2D eigenvalue weighted by Gasteiger charge is -2.17. The van der Waals surface area contributed by atoms with E-state index >= 15 is 0 Å². The number of hydrogen-bond donors (Lipinski definition) is 2. The van der Waals surface area contributed by atoms with E-state index < -0.39 is 23.5 Å². The summed E-state index contributed by atoms with van der Waals surface area (Å²) >= 11 is 0. The van der Waals surface area contributed by atoms with Gasteiger partial charge in [-0.2, -0.15) is 0 Å². The van der Waals surface area contributed by atoms with Gasteiger partial charge in [0.05, 0.1) is 7.11 Å². The molecule has 33 heavy (non-hydrogen) atoms. The van der Waals surface area contributed by atoms with Gasteiger partial charge >= 0.3 is 5.63 Å². The van der Waals surface area contributed by atoms with E-state index in [0.29, 0.717) is 27.8 Å². The molecule has 1 heterocycles. The Morgan fingerprint density at radius 2 is 1.67 bits per heavy atom. The summed E-state index contributed by atoms with van der Waals surface area (Å²) in [4.78, 5) is 36.9. The number of primary amides is 1. The van der Waals surface area contributed by atoms with Crippen LogP contribution in [0.25, 0.3) is 22.1 Å². The van der Waals surface area contributed by atoms with Crippen molar-refractivity contribution in [3.05, 3.63) is 100 Å². The van der Waals surface area contributed by atoms with Crippen molar-refractivity contribution in [2.45, 2.75) is 12.5 Å². The van der Waals surface area contributed by atoms with E-state index in [1.807, 2.05) is 42.5 Å². The third kappa shape index (κ3) is 4.93. The lowest BCUT2D eigenvalue weighted by molar-refractivity contribution is -0.119. The zero-order valence-electron chi connectivity index (χ0n) is 17.9. The Morgan fingerprint density at radius 1 is 0.970 bits per heavy atom. The zero-order chi connectivity index (χ0) is 23.4. The van der Waals surface area contributed by atoms with E-state index in [0.717, 1.165) is 11.1 Å². The molecule has 4 aromatic rings. The lowest BCUT2D eigenvalue weighted by Crippen LogP contribution is -2.46. The molecule has 0 saturated carbocycles. The van der Waals surface area contributed by atoms with Crippen LogP contribution in [0.4, 0.5) is 0 Å². The standard InChI is InChI=1S/C26H22N2O5/c1-32-20-11-12-21-19(14-24(29)33-23(21)15-20)13-22(25(27)30)28-26(31)18-9-7-17(8-10-18)16-5-3-2-4-6-16/h2-12,14-15,22H,13H2,1H3,(H2,27,30)(H,28,31)/t22-/m0/s1. The van der Waals surface area contributed by atoms with E-state index in [-0.39, 0.29) is 6.42 Å². The number of amides is 2. The monoisotopic (exact) mass is 442 g/mol. The maximum atomic E-state index is 12.8. The van der Waals surface area contributed by atoms with Gasteiger partial charge in [-0.05, 0) is 41.0 Å². The number of hydrogen-bond acceptors (Lipinski definition) is 5. The first kappa shape index (κ1) is 21.8. The second-order valence-corrected chi connectivity index (χ2v) is 7.53. The zero-order valence-corrected chi connectivity index (χ0v) is 17.9. The van der Waals surface area contributed by atoms with E-state index in [9.17, 15) is 14.4 Å². The third-order valence-corrected chi connectivity index (χ3v) is 5.36. The summed E-state index contributed by atoms with van der Waals surface area (Å²) in [5.41, 5.74) is 8.24. The van der Waals surface area contributed by atoms with Gasteiger partial charge in [-0.1, -0.05) is 42.5 Å². The number of rotatable bonds is 7. The molecule has 0 aliphatic heterocycles. The van der Waals surface area contributed by atoms with E-state index in [4.69, 9.17) is 14.9 Å². The van der Waals surface area contributed by atoms with Gasteiger partial charge in [-0.3, -0.25) is 9.59 Å². The molecule has 4 rings (SSSR count).